The van der Waals surface area contributed by atoms with Gasteiger partial charge in [-0.3, -0.25) is 4.79 Å². The summed E-state index contributed by atoms with van der Waals surface area (Å²) in [6.07, 6.45) is 39.7. The number of unbranched alkanes of at least 4 members (excludes halogenated alkanes) is 27. The number of hydrogen-bond acceptors (Lipinski definition) is 3. The highest BCUT2D eigenvalue weighted by molar-refractivity contribution is 9.09. The first kappa shape index (κ1) is 40.9. The molecule has 0 aromatic carbocycles. The average molecular weight is 646 g/mol. The maximum atomic E-state index is 12.2. The van der Waals surface area contributed by atoms with Crippen LogP contribution in [0.2, 0.25) is 0 Å². The van der Waals surface area contributed by atoms with Crippen LogP contribution >= 0.6 is 15.9 Å². The second kappa shape index (κ2) is 36.1. The quantitative estimate of drug-likeness (QED) is 0.0391. The second-order valence-corrected chi connectivity index (χ2v) is 13.3. The molecule has 0 aliphatic rings. The molecule has 0 unspecified atom stereocenters. The van der Waals surface area contributed by atoms with E-state index in [4.69, 9.17) is 9.47 Å². The van der Waals surface area contributed by atoms with Crippen LogP contribution in [0.3, 0.4) is 0 Å². The van der Waals surface area contributed by atoms with E-state index >= 15 is 0 Å². The van der Waals surface area contributed by atoms with E-state index in [9.17, 15) is 4.79 Å². The summed E-state index contributed by atoms with van der Waals surface area (Å²) in [5.74, 6) is -0.0655. The van der Waals surface area contributed by atoms with Gasteiger partial charge in [-0.15, -0.1) is 0 Å². The molecule has 0 heterocycles. The fourth-order valence-electron chi connectivity index (χ4n) is 5.61. The van der Waals surface area contributed by atoms with Crippen molar-refractivity contribution in [1.29, 1.82) is 0 Å². The van der Waals surface area contributed by atoms with E-state index in [0.717, 1.165) is 25.9 Å². The van der Waals surface area contributed by atoms with E-state index in [1.54, 1.807) is 0 Å². The molecule has 0 aliphatic carbocycles. The van der Waals surface area contributed by atoms with E-state index in [2.05, 4.69) is 29.8 Å². The molecule has 0 rings (SSSR count). The molecule has 0 saturated carbocycles. The molecule has 0 aromatic heterocycles. The Balaban J connectivity index is 3.38. The van der Waals surface area contributed by atoms with E-state index in [1.165, 1.54) is 167 Å². The lowest BCUT2D eigenvalue weighted by atomic mass is 10.0. The Bertz CT molecular complexity index is 499. The minimum atomic E-state index is -0.162. The predicted octanol–water partition coefficient (Wildman–Crippen LogP) is 13.1. The lowest BCUT2D eigenvalue weighted by Crippen LogP contribution is -2.25. The van der Waals surface area contributed by atoms with E-state index in [1.807, 2.05) is 0 Å². The first-order chi connectivity index (χ1) is 20.2. The van der Waals surface area contributed by atoms with Crippen LogP contribution in [0.5, 0.6) is 0 Å². The number of carbonyl (C=O) groups excluding carboxylic acids is 1. The van der Waals surface area contributed by atoms with Gasteiger partial charge in [0.15, 0.2) is 0 Å². The highest BCUT2D eigenvalue weighted by Crippen LogP contribution is 2.15. The minimum Gasteiger partial charge on any atom is -0.459 e. The summed E-state index contributed by atoms with van der Waals surface area (Å²) >= 11 is 3.48. The molecule has 4 heteroatoms. The van der Waals surface area contributed by atoms with Crippen LogP contribution in [0, 0.1) is 0 Å². The smallest absolute Gasteiger partial charge is 0.306 e. The molecule has 41 heavy (non-hydrogen) atoms. The third-order valence-corrected chi connectivity index (χ3v) is 9.12. The van der Waals surface area contributed by atoms with Crippen molar-refractivity contribution in [3.05, 3.63) is 0 Å². The molecule has 0 spiro atoms. The van der Waals surface area contributed by atoms with Crippen LogP contribution < -0.4 is 0 Å². The first-order valence-corrected chi connectivity index (χ1v) is 19.7. The molecule has 0 N–H and O–H groups in total. The van der Waals surface area contributed by atoms with Crippen molar-refractivity contribution < 1.29 is 14.3 Å². The average Bonchev–Trinajstić information content (AvgIpc) is 2.98. The molecular formula is C37H73BrO3. The van der Waals surface area contributed by atoms with Gasteiger partial charge in [0.25, 0.3) is 0 Å². The number of rotatable bonds is 35. The van der Waals surface area contributed by atoms with Gasteiger partial charge in [0.2, 0.25) is 0 Å². The van der Waals surface area contributed by atoms with Gasteiger partial charge < -0.3 is 9.47 Å². The molecule has 0 radical (unpaired) electrons. The van der Waals surface area contributed by atoms with Crippen LogP contribution in [0.25, 0.3) is 0 Å². The second-order valence-electron chi connectivity index (χ2n) is 12.6. The number of alkyl halides is 1. The fourth-order valence-corrected chi connectivity index (χ4v) is 5.93. The van der Waals surface area contributed by atoms with Gasteiger partial charge in [0.05, 0.1) is 6.61 Å². The van der Waals surface area contributed by atoms with Crippen LogP contribution in [0.15, 0.2) is 0 Å². The van der Waals surface area contributed by atoms with Crippen molar-refractivity contribution in [2.24, 2.45) is 0 Å². The van der Waals surface area contributed by atoms with Crippen molar-refractivity contribution in [2.75, 3.05) is 18.5 Å². The summed E-state index contributed by atoms with van der Waals surface area (Å²) in [7, 11) is 0. The standard InChI is InChI=1S/C37H73BrO3/c1-3-5-7-9-11-13-15-17-19-20-22-24-26-28-30-32-37(39)41-36(34-38)35-40-33-31-29-27-25-23-21-18-16-14-12-10-8-6-4-2/h36H,3-35H2,1-2H3/t36-/m1/s1. The number of esters is 1. The van der Waals surface area contributed by atoms with Crippen molar-refractivity contribution >= 4 is 21.9 Å². The SMILES string of the molecule is CCCCCCCCCCCCCCCCCC(=O)O[C@H](CBr)COCCCCCCCCCCCCCCCC. The maximum absolute atomic E-state index is 12.2. The Morgan fingerprint density at radius 2 is 0.805 bits per heavy atom. The van der Waals surface area contributed by atoms with Gasteiger partial charge in [-0.25, -0.2) is 0 Å². The number of ether oxygens (including phenoxy) is 2. The molecule has 1 atom stereocenters. The topological polar surface area (TPSA) is 35.5 Å². The van der Waals surface area contributed by atoms with Crippen LogP contribution in [-0.2, 0) is 14.3 Å². The summed E-state index contributed by atoms with van der Waals surface area (Å²) in [5, 5.41) is 0.649. The largest absolute Gasteiger partial charge is 0.459 e. The summed E-state index contributed by atoms with van der Waals surface area (Å²) in [4.78, 5) is 12.2. The monoisotopic (exact) mass is 644 g/mol. The van der Waals surface area contributed by atoms with Crippen molar-refractivity contribution in [2.45, 2.75) is 213 Å². The van der Waals surface area contributed by atoms with E-state index < -0.39 is 0 Å². The van der Waals surface area contributed by atoms with Gasteiger partial charge >= 0.3 is 5.97 Å². The molecule has 0 aromatic rings. The molecule has 3 nitrogen and oxygen atoms in total. The van der Waals surface area contributed by atoms with Crippen molar-refractivity contribution in [3.63, 3.8) is 0 Å². The Morgan fingerprint density at radius 1 is 0.488 bits per heavy atom. The third kappa shape index (κ3) is 34.3. The Labute approximate surface area is 266 Å². The van der Waals surface area contributed by atoms with Gasteiger partial charge in [0, 0.05) is 18.4 Å². The Kier molecular flexibility index (Phi) is 36.0. The summed E-state index contributed by atoms with van der Waals surface area (Å²) in [6, 6.07) is 0. The molecule has 0 aliphatic heterocycles. The summed E-state index contributed by atoms with van der Waals surface area (Å²) < 4.78 is 11.5. The highest BCUT2D eigenvalue weighted by Gasteiger charge is 2.13. The lowest BCUT2D eigenvalue weighted by molar-refractivity contribution is -0.150. The fraction of sp³-hybridized carbons (Fsp3) is 0.973. The minimum absolute atomic E-state index is 0.0655. The zero-order chi connectivity index (χ0) is 29.9. The van der Waals surface area contributed by atoms with Crippen LogP contribution in [0.1, 0.15) is 206 Å². The normalized spacial score (nSPS) is 12.2. The predicted molar refractivity (Wildman–Crippen MR) is 184 cm³/mol. The summed E-state index contributed by atoms with van der Waals surface area (Å²) in [6.45, 7) is 5.86. The number of carbonyl (C=O) groups is 1. The lowest BCUT2D eigenvalue weighted by Gasteiger charge is -2.16. The zero-order valence-electron chi connectivity index (χ0n) is 28.0. The molecule has 0 amide bonds. The van der Waals surface area contributed by atoms with E-state index in [0.29, 0.717) is 18.4 Å². The maximum Gasteiger partial charge on any atom is 0.306 e. The number of hydrogen-bond donors (Lipinski definition) is 0. The molecule has 246 valence electrons. The van der Waals surface area contributed by atoms with Gasteiger partial charge in [-0.05, 0) is 12.8 Å². The molecule has 0 fully saturated rings. The number of halogens is 1. The van der Waals surface area contributed by atoms with Crippen molar-refractivity contribution in [3.8, 4) is 0 Å². The Morgan fingerprint density at radius 3 is 1.15 bits per heavy atom. The van der Waals surface area contributed by atoms with Crippen LogP contribution in [0.4, 0.5) is 0 Å². The van der Waals surface area contributed by atoms with E-state index in [-0.39, 0.29) is 12.1 Å². The molecule has 0 bridgehead atoms. The summed E-state index contributed by atoms with van der Waals surface area (Å²) in [5.41, 5.74) is 0. The molecule has 0 saturated heterocycles. The van der Waals surface area contributed by atoms with Gasteiger partial charge in [-0.2, -0.15) is 0 Å². The van der Waals surface area contributed by atoms with Crippen LogP contribution in [-0.4, -0.2) is 30.6 Å². The van der Waals surface area contributed by atoms with Gasteiger partial charge in [-0.1, -0.05) is 203 Å². The first-order valence-electron chi connectivity index (χ1n) is 18.6. The molecular weight excluding hydrogens is 572 g/mol. The zero-order valence-corrected chi connectivity index (χ0v) is 29.6. The van der Waals surface area contributed by atoms with Crippen molar-refractivity contribution in [1.82, 2.24) is 0 Å². The Hall–Kier alpha value is -0.0900. The highest BCUT2D eigenvalue weighted by atomic mass is 79.9. The van der Waals surface area contributed by atoms with Gasteiger partial charge in [0.1, 0.15) is 6.10 Å². The third-order valence-electron chi connectivity index (χ3n) is 8.40.